The van der Waals surface area contributed by atoms with E-state index in [4.69, 9.17) is 4.74 Å². The van der Waals surface area contributed by atoms with Gasteiger partial charge in [-0.25, -0.2) is 22.0 Å². The number of carbonyl (C=O) groups is 2. The summed E-state index contributed by atoms with van der Waals surface area (Å²) in [5, 5.41) is 1.77. The quantitative estimate of drug-likeness (QED) is 0.191. The van der Waals surface area contributed by atoms with Gasteiger partial charge in [0.15, 0.2) is 0 Å². The first-order valence-electron chi connectivity index (χ1n) is 10.8. The Morgan fingerprint density at radius 3 is 2.24 bits per heavy atom. The minimum Gasteiger partial charge on any atom is -0.483 e. The van der Waals surface area contributed by atoms with Crippen LogP contribution in [0.25, 0.3) is 0 Å². The molecule has 0 aliphatic carbocycles. The Kier molecular flexibility index (Phi) is 8.26. The van der Waals surface area contributed by atoms with Gasteiger partial charge in [0.1, 0.15) is 39.4 Å². The number of hydrogen-bond donors (Lipinski definition) is 1. The van der Waals surface area contributed by atoms with Crippen LogP contribution in [0, 0.1) is 29.1 Å². The van der Waals surface area contributed by atoms with Crippen LogP contribution in [-0.2, 0) is 17.9 Å². The predicted molar refractivity (Wildman–Crippen MR) is 136 cm³/mol. The lowest BCUT2D eigenvalue weighted by molar-refractivity contribution is -0.118. The molecule has 1 heterocycles. The van der Waals surface area contributed by atoms with E-state index in [0.29, 0.717) is 22.7 Å². The summed E-state index contributed by atoms with van der Waals surface area (Å²) < 4.78 is 75.5. The number of amides is 2. The summed E-state index contributed by atoms with van der Waals surface area (Å²) in [4.78, 5) is 27.3. The van der Waals surface area contributed by atoms with Gasteiger partial charge in [0.25, 0.3) is 5.91 Å². The van der Waals surface area contributed by atoms with E-state index in [1.807, 2.05) is 22.6 Å². The van der Waals surface area contributed by atoms with Crippen molar-refractivity contribution >= 4 is 51.9 Å². The summed E-state index contributed by atoms with van der Waals surface area (Å²) in [6.45, 7) is 0.727. The van der Waals surface area contributed by atoms with Crippen LogP contribution in [0.15, 0.2) is 47.4 Å². The van der Waals surface area contributed by atoms with Crippen molar-refractivity contribution < 1.29 is 36.3 Å². The molecular weight excluding hydrogens is 630 g/mol. The van der Waals surface area contributed by atoms with E-state index < -0.39 is 52.4 Å². The van der Waals surface area contributed by atoms with Gasteiger partial charge in [0.2, 0.25) is 5.91 Å². The van der Waals surface area contributed by atoms with Crippen LogP contribution in [0.4, 0.5) is 27.6 Å². The topological polar surface area (TPSA) is 58.6 Å². The van der Waals surface area contributed by atoms with E-state index in [-0.39, 0.29) is 33.9 Å². The number of carbonyl (C=O) groups excluding carboxylic acids is 2. The largest absolute Gasteiger partial charge is 0.483 e. The Labute approximate surface area is 226 Å². The maximum atomic E-state index is 14.7. The second-order valence-corrected chi connectivity index (χ2v) is 10.0. The molecule has 0 saturated heterocycles. The van der Waals surface area contributed by atoms with Crippen LogP contribution in [0.2, 0.25) is 0 Å². The Bertz CT molecular complexity index is 1340. The minimum atomic E-state index is -1.13. The van der Waals surface area contributed by atoms with Gasteiger partial charge in [-0.1, -0.05) is 0 Å². The summed E-state index contributed by atoms with van der Waals surface area (Å²) in [6.07, 6.45) is 0. The second kappa shape index (κ2) is 11.3. The fourth-order valence-corrected chi connectivity index (χ4v) is 5.22. The van der Waals surface area contributed by atoms with E-state index in [1.54, 1.807) is 6.92 Å². The lowest BCUT2D eigenvalue weighted by atomic mass is 10.1. The maximum Gasteiger partial charge on any atom is 0.251 e. The van der Waals surface area contributed by atoms with Crippen LogP contribution in [0.1, 0.15) is 28.4 Å². The standard InChI is InChI=1S/C25H18F5IN2O3S/c1-12-25(35)33(10-17-20(29)7-15(36-11-31)8-21(17)30)22-3-2-13(4-23(22)37-12)24(34)32-9-16-18(27)5-14(26)6-19(16)28/h2-8,12H,9-11H2,1H3,(H,32,34). The number of halogens is 6. The zero-order valence-corrected chi connectivity index (χ0v) is 22.1. The van der Waals surface area contributed by atoms with Crippen molar-refractivity contribution in [2.24, 2.45) is 0 Å². The molecule has 3 aromatic rings. The van der Waals surface area contributed by atoms with Crippen molar-refractivity contribution in [1.82, 2.24) is 5.32 Å². The number of nitrogens with one attached hydrogen (secondary N) is 1. The highest BCUT2D eigenvalue weighted by Gasteiger charge is 2.32. The first-order chi connectivity index (χ1) is 17.6. The molecule has 37 heavy (non-hydrogen) atoms. The number of hydrogen-bond acceptors (Lipinski definition) is 4. The molecule has 5 nitrogen and oxygen atoms in total. The number of rotatable bonds is 7. The Hall–Kier alpha value is -2.87. The molecule has 0 radical (unpaired) electrons. The van der Waals surface area contributed by atoms with Gasteiger partial charge < -0.3 is 15.0 Å². The summed E-state index contributed by atoms with van der Waals surface area (Å²) in [5.41, 5.74) is -0.323. The summed E-state index contributed by atoms with van der Waals surface area (Å²) in [7, 11) is 0. The fourth-order valence-electron chi connectivity index (χ4n) is 3.76. The van der Waals surface area contributed by atoms with Crippen LogP contribution >= 0.6 is 34.4 Å². The molecule has 2 amide bonds. The van der Waals surface area contributed by atoms with E-state index >= 15 is 0 Å². The van der Waals surface area contributed by atoms with E-state index in [2.05, 4.69) is 5.32 Å². The highest BCUT2D eigenvalue weighted by atomic mass is 127. The van der Waals surface area contributed by atoms with Gasteiger partial charge in [-0.3, -0.25) is 9.59 Å². The number of nitrogens with zero attached hydrogens (tertiary/aromatic N) is 1. The third-order valence-electron chi connectivity index (χ3n) is 5.61. The van der Waals surface area contributed by atoms with Crippen molar-refractivity contribution in [1.29, 1.82) is 0 Å². The first-order valence-corrected chi connectivity index (χ1v) is 13.2. The molecule has 0 aromatic heterocycles. The Balaban J connectivity index is 1.57. The molecule has 0 bridgehead atoms. The molecule has 4 rings (SSSR count). The predicted octanol–water partition coefficient (Wildman–Crippen LogP) is 6.11. The molecule has 1 N–H and O–H groups in total. The number of benzene rings is 3. The van der Waals surface area contributed by atoms with Gasteiger partial charge in [0.05, 0.1) is 17.5 Å². The highest BCUT2D eigenvalue weighted by molar-refractivity contribution is 14.1. The Morgan fingerprint density at radius 2 is 1.62 bits per heavy atom. The van der Waals surface area contributed by atoms with Crippen molar-refractivity contribution in [2.45, 2.75) is 30.2 Å². The molecular formula is C25H18F5IN2O3S. The summed E-state index contributed by atoms with van der Waals surface area (Å²) in [5.74, 6) is -6.07. The lowest BCUT2D eigenvalue weighted by Crippen LogP contribution is -2.39. The second-order valence-electron chi connectivity index (χ2n) is 8.02. The van der Waals surface area contributed by atoms with Gasteiger partial charge in [-0.05, 0) is 47.7 Å². The van der Waals surface area contributed by atoms with E-state index in [0.717, 1.165) is 23.9 Å². The lowest BCUT2D eigenvalue weighted by Gasteiger charge is -2.33. The minimum absolute atomic E-state index is 0.0264. The third kappa shape index (κ3) is 5.84. The third-order valence-corrected chi connectivity index (χ3v) is 7.06. The van der Waals surface area contributed by atoms with Gasteiger partial charge in [0, 0.05) is 52.4 Å². The molecule has 1 aliphatic rings. The van der Waals surface area contributed by atoms with Crippen molar-refractivity contribution in [3.05, 3.63) is 88.2 Å². The normalized spacial score (nSPS) is 14.9. The van der Waals surface area contributed by atoms with Gasteiger partial charge in [-0.15, -0.1) is 11.8 Å². The molecule has 12 heteroatoms. The molecule has 1 atom stereocenters. The number of thioether (sulfide) groups is 1. The molecule has 0 saturated carbocycles. The van der Waals surface area contributed by atoms with Crippen molar-refractivity contribution in [2.75, 3.05) is 9.51 Å². The molecule has 0 fully saturated rings. The number of anilines is 1. The zero-order valence-electron chi connectivity index (χ0n) is 19.1. The zero-order chi connectivity index (χ0) is 26.9. The molecule has 0 spiro atoms. The molecule has 194 valence electrons. The van der Waals surface area contributed by atoms with Crippen LogP contribution in [-0.4, -0.2) is 21.7 Å². The number of ether oxygens (including phenoxy) is 1. The van der Waals surface area contributed by atoms with Crippen LogP contribution < -0.4 is 15.0 Å². The van der Waals surface area contributed by atoms with Gasteiger partial charge >= 0.3 is 0 Å². The van der Waals surface area contributed by atoms with Crippen LogP contribution in [0.3, 0.4) is 0 Å². The van der Waals surface area contributed by atoms with E-state index in [9.17, 15) is 31.5 Å². The van der Waals surface area contributed by atoms with Crippen molar-refractivity contribution in [3.63, 3.8) is 0 Å². The SMILES string of the molecule is CC1Sc2cc(C(=O)NCc3c(F)cc(F)cc3F)ccc2N(Cc2c(F)cc(OCI)cc2F)C1=O. The molecule has 1 aliphatic heterocycles. The average molecular weight is 648 g/mol. The van der Waals surface area contributed by atoms with Gasteiger partial charge in [-0.2, -0.15) is 0 Å². The molecule has 1 unspecified atom stereocenters. The first kappa shape index (κ1) is 27.2. The Morgan fingerprint density at radius 1 is 1.00 bits per heavy atom. The van der Waals surface area contributed by atoms with Crippen molar-refractivity contribution in [3.8, 4) is 5.75 Å². The summed E-state index contributed by atoms with van der Waals surface area (Å²) in [6, 6.07) is 7.45. The van der Waals surface area contributed by atoms with E-state index in [1.165, 1.54) is 23.1 Å². The maximum absolute atomic E-state index is 14.7. The van der Waals surface area contributed by atoms with Crippen LogP contribution in [0.5, 0.6) is 5.75 Å². The fraction of sp³-hybridized carbons (Fsp3) is 0.200. The number of fused-ring (bicyclic) bond motifs is 1. The highest BCUT2D eigenvalue weighted by Crippen LogP contribution is 2.41. The smallest absolute Gasteiger partial charge is 0.251 e. The summed E-state index contributed by atoms with van der Waals surface area (Å²) >= 11 is 3.06. The number of alkyl halides is 1. The average Bonchev–Trinajstić information content (AvgIpc) is 2.82. The molecule has 3 aromatic carbocycles. The monoisotopic (exact) mass is 648 g/mol.